The Kier molecular flexibility index (Phi) is 4.38. The first kappa shape index (κ1) is 18.2. The fourth-order valence-corrected chi connectivity index (χ4v) is 3.37. The van der Waals surface area contributed by atoms with Crippen molar-refractivity contribution in [3.63, 3.8) is 0 Å². The minimum atomic E-state index is -0.572. The molecule has 2 heterocycles. The molecule has 28 heavy (non-hydrogen) atoms. The second-order valence-corrected chi connectivity index (χ2v) is 7.22. The van der Waals surface area contributed by atoms with Gasteiger partial charge in [0.05, 0.1) is 36.5 Å². The highest BCUT2D eigenvalue weighted by Gasteiger charge is 2.45. The zero-order valence-electron chi connectivity index (χ0n) is 15.6. The van der Waals surface area contributed by atoms with Crippen molar-refractivity contribution in [2.24, 2.45) is 0 Å². The molecule has 1 saturated heterocycles. The van der Waals surface area contributed by atoms with Gasteiger partial charge in [0.25, 0.3) is 5.43 Å². The molecule has 0 unspecified atom stereocenters. The van der Waals surface area contributed by atoms with Crippen LogP contribution in [0.2, 0.25) is 0 Å². The molecule has 1 fully saturated rings. The normalized spacial score (nSPS) is 15.4. The van der Waals surface area contributed by atoms with E-state index in [1.165, 1.54) is 6.07 Å². The van der Waals surface area contributed by atoms with E-state index in [2.05, 4.69) is 6.07 Å². The first-order chi connectivity index (χ1) is 13.4. The number of benzene rings is 1. The predicted molar refractivity (Wildman–Crippen MR) is 103 cm³/mol. The summed E-state index contributed by atoms with van der Waals surface area (Å²) in [5, 5.41) is 13.2. The van der Waals surface area contributed by atoms with Gasteiger partial charge in [0.15, 0.2) is 0 Å². The Morgan fingerprint density at radius 1 is 1.14 bits per heavy atom. The van der Waals surface area contributed by atoms with E-state index >= 15 is 0 Å². The summed E-state index contributed by atoms with van der Waals surface area (Å²) in [5.41, 5.74) is -0.365. The highest BCUT2D eigenvalue weighted by Crippen LogP contribution is 2.36. The first-order valence-corrected chi connectivity index (χ1v) is 8.93. The van der Waals surface area contributed by atoms with Crippen LogP contribution in [0.3, 0.4) is 0 Å². The van der Waals surface area contributed by atoms with Crippen molar-refractivity contribution in [3.05, 3.63) is 80.0 Å². The van der Waals surface area contributed by atoms with Crippen molar-refractivity contribution in [1.29, 1.82) is 5.26 Å². The molecule has 0 aliphatic carbocycles. The molecule has 0 saturated carbocycles. The molecule has 0 atom stereocenters. The largest absolute Gasteiger partial charge is 0.465 e. The van der Waals surface area contributed by atoms with Gasteiger partial charge in [-0.3, -0.25) is 14.6 Å². The number of aryl methyl sites for hydroxylation is 1. The molecule has 0 N–H and O–H groups in total. The zero-order chi connectivity index (χ0) is 19.9. The quantitative estimate of drug-likeness (QED) is 0.481. The lowest BCUT2D eigenvalue weighted by Crippen LogP contribution is -2.65. The molecular formula is C21H19N3O4. The third kappa shape index (κ3) is 2.93. The summed E-state index contributed by atoms with van der Waals surface area (Å²) in [4.78, 5) is 24.0. The van der Waals surface area contributed by atoms with Crippen molar-refractivity contribution in [2.75, 3.05) is 18.2 Å². The lowest BCUT2D eigenvalue weighted by molar-refractivity contribution is -0.135. The molecule has 1 aliphatic rings. The Hall–Kier alpha value is -3.21. The number of anilines is 2. The summed E-state index contributed by atoms with van der Waals surface area (Å²) in [5.74, 6) is 1.49. The minimum absolute atomic E-state index is 0.240. The summed E-state index contributed by atoms with van der Waals surface area (Å²) in [6.45, 7) is 5.13. The van der Waals surface area contributed by atoms with E-state index in [-0.39, 0.29) is 5.69 Å². The maximum atomic E-state index is 12.3. The Bertz CT molecular complexity index is 1130. The number of furan rings is 1. The summed E-state index contributed by atoms with van der Waals surface area (Å²) in [6.07, 6.45) is 0. The van der Waals surface area contributed by atoms with Gasteiger partial charge in [0, 0.05) is 6.07 Å². The van der Waals surface area contributed by atoms with E-state index in [1.54, 1.807) is 29.3 Å². The Balaban J connectivity index is 1.86. The van der Waals surface area contributed by atoms with Crippen LogP contribution < -0.4 is 15.9 Å². The van der Waals surface area contributed by atoms with Crippen molar-refractivity contribution in [3.8, 4) is 6.07 Å². The number of ether oxygens (including phenoxy) is 1. The Labute approximate surface area is 161 Å². The molecule has 1 aliphatic heterocycles. The molecule has 0 spiro atoms. The second-order valence-electron chi connectivity index (χ2n) is 7.22. The van der Waals surface area contributed by atoms with E-state index < -0.39 is 16.4 Å². The lowest BCUT2D eigenvalue weighted by Gasteiger charge is -2.51. The van der Waals surface area contributed by atoms with Gasteiger partial charge in [0.1, 0.15) is 23.3 Å². The van der Waals surface area contributed by atoms with Crippen molar-refractivity contribution < 1.29 is 9.15 Å². The standard InChI is InChI=1S/C21H19N3O4/c1-14-7-8-16(28-14)11-23(21(2)12-27-13-21)24(18-9-19(25)20(18)26)17-6-4-3-5-15(17)10-22/h3-9H,11-13H2,1-2H3. The van der Waals surface area contributed by atoms with E-state index in [4.69, 9.17) is 9.15 Å². The van der Waals surface area contributed by atoms with Crippen LogP contribution in [0.4, 0.5) is 11.4 Å². The molecule has 0 bridgehead atoms. The van der Waals surface area contributed by atoms with E-state index in [0.717, 1.165) is 5.76 Å². The summed E-state index contributed by atoms with van der Waals surface area (Å²) >= 11 is 0. The van der Waals surface area contributed by atoms with Crippen LogP contribution in [0, 0.1) is 18.3 Å². The molecule has 4 rings (SSSR count). The molecule has 1 aromatic heterocycles. The summed E-state index contributed by atoms with van der Waals surface area (Å²) in [6, 6.07) is 14.2. The van der Waals surface area contributed by atoms with Gasteiger partial charge < -0.3 is 9.15 Å². The molecule has 3 aromatic rings. The highest BCUT2D eigenvalue weighted by molar-refractivity contribution is 5.69. The smallest absolute Gasteiger partial charge is 0.250 e. The molecule has 7 nitrogen and oxygen atoms in total. The SMILES string of the molecule is Cc1ccc(CN(N(c2ccccc2C#N)c2cc(=O)c2=O)C2(C)COC2)o1. The molecule has 7 heteroatoms. The number of nitrogens with zero attached hydrogens (tertiary/aromatic N) is 3. The van der Waals surface area contributed by atoms with E-state index in [1.807, 2.05) is 31.0 Å². The van der Waals surface area contributed by atoms with Crippen LogP contribution in [0.25, 0.3) is 0 Å². The predicted octanol–water partition coefficient (Wildman–Crippen LogP) is 2.40. The topological polar surface area (TPSA) is 86.8 Å². The van der Waals surface area contributed by atoms with Crippen LogP contribution in [0.15, 0.2) is 56.5 Å². The van der Waals surface area contributed by atoms with Gasteiger partial charge >= 0.3 is 0 Å². The highest BCUT2D eigenvalue weighted by atomic mass is 16.5. The van der Waals surface area contributed by atoms with Gasteiger partial charge in [-0.25, -0.2) is 0 Å². The van der Waals surface area contributed by atoms with Gasteiger partial charge in [-0.2, -0.15) is 10.3 Å². The van der Waals surface area contributed by atoms with Crippen LogP contribution in [0.5, 0.6) is 0 Å². The second kappa shape index (κ2) is 6.75. The maximum absolute atomic E-state index is 12.3. The lowest BCUT2D eigenvalue weighted by atomic mass is 9.98. The first-order valence-electron chi connectivity index (χ1n) is 8.93. The fourth-order valence-electron chi connectivity index (χ4n) is 3.37. The summed E-state index contributed by atoms with van der Waals surface area (Å²) < 4.78 is 11.2. The van der Waals surface area contributed by atoms with Gasteiger partial charge in [-0.05, 0) is 38.1 Å². The van der Waals surface area contributed by atoms with E-state index in [0.29, 0.717) is 36.8 Å². The van der Waals surface area contributed by atoms with Crippen molar-refractivity contribution in [2.45, 2.75) is 25.9 Å². The number of nitriles is 1. The third-order valence-electron chi connectivity index (χ3n) is 5.00. The Morgan fingerprint density at radius 2 is 1.89 bits per heavy atom. The number of hydrogen-bond donors (Lipinski definition) is 0. The van der Waals surface area contributed by atoms with Crippen LogP contribution in [-0.4, -0.2) is 23.8 Å². The number of rotatable bonds is 6. The number of hydrazine groups is 1. The minimum Gasteiger partial charge on any atom is -0.465 e. The fraction of sp³-hybridized carbons (Fsp3) is 0.286. The third-order valence-corrected chi connectivity index (χ3v) is 5.00. The Morgan fingerprint density at radius 3 is 2.43 bits per heavy atom. The van der Waals surface area contributed by atoms with Gasteiger partial charge in [-0.1, -0.05) is 12.1 Å². The molecule has 0 amide bonds. The summed E-state index contributed by atoms with van der Waals surface area (Å²) in [7, 11) is 0. The van der Waals surface area contributed by atoms with Crippen LogP contribution in [0.1, 0.15) is 24.0 Å². The average molecular weight is 377 g/mol. The van der Waals surface area contributed by atoms with Crippen molar-refractivity contribution in [1.82, 2.24) is 5.01 Å². The van der Waals surface area contributed by atoms with Crippen LogP contribution in [-0.2, 0) is 11.3 Å². The van der Waals surface area contributed by atoms with Crippen molar-refractivity contribution >= 4 is 11.4 Å². The van der Waals surface area contributed by atoms with Gasteiger partial charge in [0.2, 0.25) is 5.43 Å². The maximum Gasteiger partial charge on any atom is 0.250 e. The van der Waals surface area contributed by atoms with E-state index in [9.17, 15) is 14.9 Å². The number of para-hydroxylation sites is 1. The monoisotopic (exact) mass is 377 g/mol. The average Bonchev–Trinajstić information content (AvgIpc) is 3.09. The molecule has 0 radical (unpaired) electrons. The number of hydrogen-bond acceptors (Lipinski definition) is 7. The zero-order valence-corrected chi connectivity index (χ0v) is 15.6. The van der Waals surface area contributed by atoms with Gasteiger partial charge in [-0.15, -0.1) is 0 Å². The van der Waals surface area contributed by atoms with Crippen LogP contribution >= 0.6 is 0 Å². The molecule has 2 aromatic carbocycles. The molecule has 142 valence electrons. The molecular weight excluding hydrogens is 358 g/mol.